The third-order valence-electron chi connectivity index (χ3n) is 0.575. The number of hydrogen-bond donors (Lipinski definition) is 3. The van der Waals surface area contributed by atoms with E-state index in [0.29, 0.717) is 0 Å². The summed E-state index contributed by atoms with van der Waals surface area (Å²) < 4.78 is 13.7. The van der Waals surface area contributed by atoms with Crippen molar-refractivity contribution in [3.63, 3.8) is 0 Å². The summed E-state index contributed by atoms with van der Waals surface area (Å²) in [6.07, 6.45) is -0.412. The van der Waals surface area contributed by atoms with Gasteiger partial charge in [-0.05, 0) is 0 Å². The molecular formula is C3H8NaO6P. The molecule has 0 spiro atoms. The van der Waals surface area contributed by atoms with Gasteiger partial charge in [-0.2, -0.15) is 0 Å². The first-order valence-corrected chi connectivity index (χ1v) is 3.87. The minimum atomic E-state index is -4.49. The number of aliphatic carboxylic acids is 1. The largest absolute Gasteiger partial charge is 1.00 e. The van der Waals surface area contributed by atoms with Gasteiger partial charge in [0.1, 0.15) is 0 Å². The van der Waals surface area contributed by atoms with Crippen molar-refractivity contribution in [1.82, 2.24) is 0 Å². The number of rotatable bonds is 4. The second kappa shape index (κ2) is 6.14. The second-order valence-electron chi connectivity index (χ2n) is 1.47. The van der Waals surface area contributed by atoms with Crippen LogP contribution in [0.25, 0.3) is 0 Å². The fourth-order valence-corrected chi connectivity index (χ4v) is 0.581. The number of phosphoric acid groups is 1. The summed E-state index contributed by atoms with van der Waals surface area (Å²) >= 11 is 0. The molecule has 0 aliphatic carbocycles. The summed E-state index contributed by atoms with van der Waals surface area (Å²) in [5.41, 5.74) is 0. The molecule has 11 heavy (non-hydrogen) atoms. The summed E-state index contributed by atoms with van der Waals surface area (Å²) in [6, 6.07) is 0. The van der Waals surface area contributed by atoms with Crippen molar-refractivity contribution in [2.75, 3.05) is 6.61 Å². The third-order valence-corrected chi connectivity index (χ3v) is 1.09. The van der Waals surface area contributed by atoms with E-state index in [-0.39, 0.29) is 31.0 Å². The fraction of sp³-hybridized carbons (Fsp3) is 0.667. The van der Waals surface area contributed by atoms with Crippen LogP contribution in [0.4, 0.5) is 0 Å². The predicted octanol–water partition coefficient (Wildman–Crippen LogP) is -3.31. The quantitative estimate of drug-likeness (QED) is 0.319. The maximum Gasteiger partial charge on any atom is 1.00 e. The molecule has 0 aliphatic heterocycles. The van der Waals surface area contributed by atoms with Gasteiger partial charge >= 0.3 is 43.3 Å². The van der Waals surface area contributed by atoms with E-state index in [2.05, 4.69) is 4.52 Å². The van der Waals surface area contributed by atoms with Crippen molar-refractivity contribution in [2.45, 2.75) is 6.42 Å². The minimum Gasteiger partial charge on any atom is -1.00 e. The molecule has 6 nitrogen and oxygen atoms in total. The second-order valence-corrected chi connectivity index (χ2v) is 2.71. The molecule has 0 saturated carbocycles. The van der Waals surface area contributed by atoms with E-state index >= 15 is 0 Å². The average Bonchev–Trinajstić information content (AvgIpc) is 1.59. The van der Waals surface area contributed by atoms with Crippen molar-refractivity contribution in [3.8, 4) is 0 Å². The zero-order chi connectivity index (χ0) is 8.20. The van der Waals surface area contributed by atoms with E-state index in [4.69, 9.17) is 14.9 Å². The van der Waals surface area contributed by atoms with Crippen LogP contribution in [0.2, 0.25) is 0 Å². The molecule has 0 bridgehead atoms. The van der Waals surface area contributed by atoms with Gasteiger partial charge in [-0.25, -0.2) is 4.57 Å². The summed E-state index contributed by atoms with van der Waals surface area (Å²) in [7, 11) is -4.49. The molecule has 0 amide bonds. The SMILES string of the molecule is O=C(O)CCOP(=O)(O)O.[H-].[Na+]. The molecule has 0 heterocycles. The molecule has 0 aromatic carbocycles. The first kappa shape index (κ1) is 14.1. The van der Waals surface area contributed by atoms with Crippen molar-refractivity contribution >= 4 is 13.8 Å². The van der Waals surface area contributed by atoms with Crippen LogP contribution in [0.1, 0.15) is 7.85 Å². The molecule has 0 aliphatic rings. The van der Waals surface area contributed by atoms with Gasteiger partial charge in [-0.15, -0.1) is 0 Å². The van der Waals surface area contributed by atoms with Gasteiger partial charge in [-0.3, -0.25) is 9.32 Å². The maximum absolute atomic E-state index is 9.89. The van der Waals surface area contributed by atoms with E-state index in [1.807, 2.05) is 0 Å². The van der Waals surface area contributed by atoms with Crippen molar-refractivity contribution in [2.24, 2.45) is 0 Å². The van der Waals surface area contributed by atoms with Crippen molar-refractivity contribution in [1.29, 1.82) is 0 Å². The Morgan fingerprint density at radius 3 is 2.27 bits per heavy atom. The number of hydrogen-bond acceptors (Lipinski definition) is 3. The van der Waals surface area contributed by atoms with E-state index in [0.717, 1.165) is 0 Å². The molecule has 8 heteroatoms. The van der Waals surface area contributed by atoms with E-state index in [9.17, 15) is 9.36 Å². The zero-order valence-electron chi connectivity index (χ0n) is 6.93. The third kappa shape index (κ3) is 13.6. The first-order chi connectivity index (χ1) is 4.42. The van der Waals surface area contributed by atoms with Crippen molar-refractivity contribution in [3.05, 3.63) is 0 Å². The smallest absolute Gasteiger partial charge is 1.00 e. The summed E-state index contributed by atoms with van der Waals surface area (Å²) in [4.78, 5) is 25.8. The topological polar surface area (TPSA) is 104 Å². The predicted molar refractivity (Wildman–Crippen MR) is 31.4 cm³/mol. The molecule has 0 radical (unpaired) electrons. The summed E-state index contributed by atoms with van der Waals surface area (Å²) in [5.74, 6) is -1.16. The Labute approximate surface area is 86.6 Å². The van der Waals surface area contributed by atoms with Crippen LogP contribution in [0.5, 0.6) is 0 Å². The van der Waals surface area contributed by atoms with Gasteiger partial charge in [0.05, 0.1) is 13.0 Å². The van der Waals surface area contributed by atoms with Crippen LogP contribution in [-0.4, -0.2) is 27.5 Å². The molecule has 0 fully saturated rings. The maximum atomic E-state index is 9.89. The van der Waals surface area contributed by atoms with Crippen LogP contribution in [-0.2, 0) is 13.9 Å². The van der Waals surface area contributed by atoms with Gasteiger partial charge in [0, 0.05) is 0 Å². The van der Waals surface area contributed by atoms with Gasteiger partial charge in [-0.1, -0.05) is 0 Å². The Morgan fingerprint density at radius 2 is 2.00 bits per heavy atom. The molecule has 3 N–H and O–H groups in total. The Hall–Kier alpha value is 0.580. The monoisotopic (exact) mass is 194 g/mol. The normalized spacial score (nSPS) is 10.4. The molecule has 62 valence electrons. The number of carbonyl (C=O) groups is 1. The fourth-order valence-electron chi connectivity index (χ4n) is 0.252. The number of carboxylic acids is 1. The van der Waals surface area contributed by atoms with Crippen LogP contribution >= 0.6 is 7.82 Å². The van der Waals surface area contributed by atoms with Crippen LogP contribution in [0.15, 0.2) is 0 Å². The van der Waals surface area contributed by atoms with Crippen LogP contribution in [0.3, 0.4) is 0 Å². The molecule has 0 aromatic rings. The molecule has 0 rings (SSSR count). The molecule has 0 atom stereocenters. The molecule has 0 aromatic heterocycles. The zero-order valence-corrected chi connectivity index (χ0v) is 8.82. The van der Waals surface area contributed by atoms with Crippen LogP contribution in [0, 0.1) is 0 Å². The van der Waals surface area contributed by atoms with Gasteiger partial charge < -0.3 is 16.3 Å². The standard InChI is InChI=1S/C3H7O6P.Na.H/c4-3(5)1-2-9-10(6,7)8;;/h1-2H2,(H,4,5)(H2,6,7,8);;/q;+1;-1. The van der Waals surface area contributed by atoms with E-state index < -0.39 is 26.8 Å². The van der Waals surface area contributed by atoms with Gasteiger partial charge in [0.25, 0.3) is 0 Å². The minimum absolute atomic E-state index is 0. The Bertz CT molecular complexity index is 168. The van der Waals surface area contributed by atoms with E-state index in [1.54, 1.807) is 0 Å². The Kier molecular flexibility index (Phi) is 7.88. The van der Waals surface area contributed by atoms with Gasteiger partial charge in [0.15, 0.2) is 0 Å². The summed E-state index contributed by atoms with van der Waals surface area (Å²) in [6.45, 7) is -0.473. The average molecular weight is 194 g/mol. The Balaban J connectivity index is -0.000000405. The van der Waals surface area contributed by atoms with Crippen molar-refractivity contribution < 1.29 is 59.8 Å². The Morgan fingerprint density at radius 1 is 1.55 bits per heavy atom. The van der Waals surface area contributed by atoms with Gasteiger partial charge in [0.2, 0.25) is 0 Å². The van der Waals surface area contributed by atoms with Crippen LogP contribution < -0.4 is 29.6 Å². The number of carboxylic acid groups (broad SMARTS) is 1. The number of phosphoric ester groups is 1. The summed E-state index contributed by atoms with van der Waals surface area (Å²) in [5, 5.41) is 7.98. The van der Waals surface area contributed by atoms with E-state index in [1.165, 1.54) is 0 Å². The first-order valence-electron chi connectivity index (χ1n) is 2.34. The molecule has 0 saturated heterocycles. The molecular weight excluding hydrogens is 186 g/mol. The molecule has 0 unspecified atom stereocenters.